The van der Waals surface area contributed by atoms with Crippen molar-refractivity contribution in [2.45, 2.75) is 51.9 Å². The zero-order valence-corrected chi connectivity index (χ0v) is 15.9. The zero-order valence-electron chi connectivity index (χ0n) is 15.9. The lowest BCUT2D eigenvalue weighted by Gasteiger charge is -2.11. The molecule has 0 amide bonds. The Kier molecular flexibility index (Phi) is 8.56. The van der Waals surface area contributed by atoms with Crippen LogP contribution in [0, 0.1) is 0 Å². The van der Waals surface area contributed by atoms with Crippen LogP contribution in [0.1, 0.15) is 62.2 Å². The Balaban J connectivity index is 2.00. The highest BCUT2D eigenvalue weighted by molar-refractivity contribution is 6.15. The van der Waals surface area contributed by atoms with Gasteiger partial charge in [-0.25, -0.2) is 4.79 Å². The molecule has 0 fully saturated rings. The summed E-state index contributed by atoms with van der Waals surface area (Å²) >= 11 is 0. The SMILES string of the molecule is CCCCCCCCCOc1ccc(C(=O)/C=C/C(=O)O)c2ccccc12. The highest BCUT2D eigenvalue weighted by Gasteiger charge is 2.11. The number of carbonyl (C=O) groups excluding carboxylic acids is 1. The van der Waals surface area contributed by atoms with E-state index in [1.54, 1.807) is 12.1 Å². The first-order valence-corrected chi connectivity index (χ1v) is 9.73. The lowest BCUT2D eigenvalue weighted by atomic mass is 10.0. The minimum absolute atomic E-state index is 0.327. The Labute approximate surface area is 160 Å². The first-order chi connectivity index (χ1) is 13.1. The first-order valence-electron chi connectivity index (χ1n) is 9.73. The third-order valence-electron chi connectivity index (χ3n) is 4.53. The number of fused-ring (bicyclic) bond motifs is 1. The number of hydrogen-bond acceptors (Lipinski definition) is 3. The van der Waals surface area contributed by atoms with Gasteiger partial charge in [-0.1, -0.05) is 69.7 Å². The van der Waals surface area contributed by atoms with Crippen molar-refractivity contribution in [1.29, 1.82) is 0 Å². The quantitative estimate of drug-likeness (QED) is 0.292. The van der Waals surface area contributed by atoms with Gasteiger partial charge in [-0.2, -0.15) is 0 Å². The van der Waals surface area contributed by atoms with E-state index in [9.17, 15) is 9.59 Å². The van der Waals surface area contributed by atoms with Crippen LogP contribution in [0.4, 0.5) is 0 Å². The van der Waals surface area contributed by atoms with Gasteiger partial charge in [0.25, 0.3) is 0 Å². The number of ketones is 1. The van der Waals surface area contributed by atoms with Crippen molar-refractivity contribution in [3.05, 3.63) is 54.1 Å². The van der Waals surface area contributed by atoms with E-state index in [0.29, 0.717) is 12.2 Å². The third-order valence-corrected chi connectivity index (χ3v) is 4.53. The summed E-state index contributed by atoms with van der Waals surface area (Å²) in [4.78, 5) is 22.9. The molecule has 2 rings (SSSR count). The molecule has 0 aliphatic carbocycles. The van der Waals surface area contributed by atoms with Gasteiger partial charge in [0.1, 0.15) is 5.75 Å². The van der Waals surface area contributed by atoms with Gasteiger partial charge in [0, 0.05) is 17.0 Å². The summed E-state index contributed by atoms with van der Waals surface area (Å²) in [5.74, 6) is -0.704. The lowest BCUT2D eigenvalue weighted by molar-refractivity contribution is -0.131. The van der Waals surface area contributed by atoms with Crippen molar-refractivity contribution in [1.82, 2.24) is 0 Å². The maximum atomic E-state index is 12.3. The van der Waals surface area contributed by atoms with Crippen LogP contribution in [0.15, 0.2) is 48.6 Å². The van der Waals surface area contributed by atoms with E-state index in [1.807, 2.05) is 24.3 Å². The van der Waals surface area contributed by atoms with Crippen molar-refractivity contribution in [3.63, 3.8) is 0 Å². The molecular weight excluding hydrogens is 340 g/mol. The molecule has 4 nitrogen and oxygen atoms in total. The smallest absolute Gasteiger partial charge is 0.328 e. The second-order valence-electron chi connectivity index (χ2n) is 6.66. The Morgan fingerprint density at radius 1 is 0.889 bits per heavy atom. The highest BCUT2D eigenvalue weighted by Crippen LogP contribution is 2.29. The summed E-state index contributed by atoms with van der Waals surface area (Å²) in [5, 5.41) is 10.4. The van der Waals surface area contributed by atoms with Crippen LogP contribution in [0.2, 0.25) is 0 Å². The van der Waals surface area contributed by atoms with Crippen LogP contribution in [0.5, 0.6) is 5.75 Å². The molecule has 27 heavy (non-hydrogen) atoms. The minimum atomic E-state index is -1.14. The Hall–Kier alpha value is -2.62. The summed E-state index contributed by atoms with van der Waals surface area (Å²) in [7, 11) is 0. The number of allylic oxidation sites excluding steroid dienone is 1. The molecule has 2 aromatic carbocycles. The molecule has 0 atom stereocenters. The van der Waals surface area contributed by atoms with Crippen LogP contribution >= 0.6 is 0 Å². The van der Waals surface area contributed by atoms with Crippen LogP contribution < -0.4 is 4.74 Å². The van der Waals surface area contributed by atoms with E-state index >= 15 is 0 Å². The van der Waals surface area contributed by atoms with Gasteiger partial charge in [0.05, 0.1) is 6.61 Å². The average Bonchev–Trinajstić information content (AvgIpc) is 2.68. The molecular formula is C23H28O4. The van der Waals surface area contributed by atoms with Gasteiger partial charge in [0.15, 0.2) is 5.78 Å². The maximum Gasteiger partial charge on any atom is 0.328 e. The normalized spacial score (nSPS) is 11.1. The highest BCUT2D eigenvalue weighted by atomic mass is 16.5. The fraction of sp³-hybridized carbons (Fsp3) is 0.391. The predicted octanol–water partition coefficient (Wildman–Crippen LogP) is 5.79. The summed E-state index contributed by atoms with van der Waals surface area (Å²) in [6, 6.07) is 11.1. The fourth-order valence-corrected chi connectivity index (χ4v) is 3.09. The molecule has 2 aromatic rings. The van der Waals surface area contributed by atoms with Crippen LogP contribution in [-0.2, 0) is 4.79 Å². The van der Waals surface area contributed by atoms with Gasteiger partial charge < -0.3 is 9.84 Å². The minimum Gasteiger partial charge on any atom is -0.493 e. The Bertz CT molecular complexity index is 792. The van der Waals surface area contributed by atoms with Crippen LogP contribution in [-0.4, -0.2) is 23.5 Å². The van der Waals surface area contributed by atoms with Gasteiger partial charge in [0.2, 0.25) is 0 Å². The lowest BCUT2D eigenvalue weighted by Crippen LogP contribution is -2.01. The number of carbonyl (C=O) groups is 2. The predicted molar refractivity (Wildman–Crippen MR) is 109 cm³/mol. The molecule has 0 aliphatic rings. The van der Waals surface area contributed by atoms with Crippen molar-refractivity contribution >= 4 is 22.5 Å². The molecule has 0 aliphatic heterocycles. The number of ether oxygens (including phenoxy) is 1. The first kappa shape index (κ1) is 20.7. The largest absolute Gasteiger partial charge is 0.493 e. The van der Waals surface area contributed by atoms with Crippen molar-refractivity contribution < 1.29 is 19.4 Å². The number of benzene rings is 2. The monoisotopic (exact) mass is 368 g/mol. The summed E-state index contributed by atoms with van der Waals surface area (Å²) in [6.45, 7) is 2.88. The van der Waals surface area contributed by atoms with Gasteiger partial charge in [-0.3, -0.25) is 4.79 Å². The van der Waals surface area contributed by atoms with Crippen molar-refractivity contribution in [3.8, 4) is 5.75 Å². The number of carboxylic acids is 1. The molecule has 1 N–H and O–H groups in total. The Morgan fingerprint density at radius 3 is 2.26 bits per heavy atom. The van der Waals surface area contributed by atoms with E-state index < -0.39 is 5.97 Å². The molecule has 144 valence electrons. The van der Waals surface area contributed by atoms with Gasteiger partial charge >= 0.3 is 5.97 Å². The van der Waals surface area contributed by atoms with E-state index in [0.717, 1.165) is 41.5 Å². The van der Waals surface area contributed by atoms with Crippen LogP contribution in [0.3, 0.4) is 0 Å². The maximum absolute atomic E-state index is 12.3. The number of hydrogen-bond donors (Lipinski definition) is 1. The zero-order chi connectivity index (χ0) is 19.5. The average molecular weight is 368 g/mol. The standard InChI is InChI=1S/C23H28O4/c1-2-3-4-5-6-7-10-17-27-22-15-13-19(21(24)14-16-23(25)26)18-11-8-9-12-20(18)22/h8-9,11-16H,2-7,10,17H2,1H3,(H,25,26)/b16-14+. The van der Waals surface area contributed by atoms with Gasteiger partial charge in [-0.05, 0) is 30.0 Å². The third kappa shape index (κ3) is 6.55. The summed E-state index contributed by atoms with van der Waals surface area (Å²) in [5.41, 5.74) is 0.478. The van der Waals surface area contributed by atoms with Gasteiger partial charge in [-0.15, -0.1) is 0 Å². The van der Waals surface area contributed by atoms with Crippen LogP contribution in [0.25, 0.3) is 10.8 Å². The fourth-order valence-electron chi connectivity index (χ4n) is 3.09. The second kappa shape index (κ2) is 11.2. The second-order valence-corrected chi connectivity index (χ2v) is 6.66. The summed E-state index contributed by atoms with van der Waals surface area (Å²) in [6.07, 6.45) is 10.6. The molecule has 0 radical (unpaired) electrons. The number of aliphatic carboxylic acids is 1. The summed E-state index contributed by atoms with van der Waals surface area (Å²) < 4.78 is 5.96. The van der Waals surface area contributed by atoms with E-state index in [-0.39, 0.29) is 5.78 Å². The molecule has 0 bridgehead atoms. The van der Waals surface area contributed by atoms with E-state index in [2.05, 4.69) is 6.92 Å². The number of unbranched alkanes of at least 4 members (excludes halogenated alkanes) is 6. The number of rotatable bonds is 12. The molecule has 0 aromatic heterocycles. The molecule has 0 spiro atoms. The van der Waals surface area contributed by atoms with Crippen molar-refractivity contribution in [2.24, 2.45) is 0 Å². The Morgan fingerprint density at radius 2 is 1.56 bits per heavy atom. The molecule has 0 unspecified atom stereocenters. The number of carboxylic acid groups (broad SMARTS) is 1. The van der Waals surface area contributed by atoms with E-state index in [1.165, 1.54) is 32.1 Å². The topological polar surface area (TPSA) is 63.6 Å². The molecule has 0 saturated heterocycles. The van der Waals surface area contributed by atoms with Crippen molar-refractivity contribution in [2.75, 3.05) is 6.61 Å². The molecule has 4 heteroatoms. The van der Waals surface area contributed by atoms with E-state index in [4.69, 9.17) is 9.84 Å². The molecule has 0 heterocycles. The molecule has 0 saturated carbocycles.